The van der Waals surface area contributed by atoms with Crippen molar-refractivity contribution < 1.29 is 0 Å². The lowest BCUT2D eigenvalue weighted by atomic mass is 10.1. The molecule has 0 saturated carbocycles. The molecule has 8 aromatic carbocycles. The Morgan fingerprint density at radius 1 is 0.276 bits per heavy atom. The Balaban J connectivity index is 1.18. The Bertz CT molecular complexity index is 3770. The lowest BCUT2D eigenvalue weighted by Gasteiger charge is -2.11. The predicted octanol–water partition coefficient (Wildman–Crippen LogP) is 13.5. The summed E-state index contributed by atoms with van der Waals surface area (Å²) in [7, 11) is 0. The van der Waals surface area contributed by atoms with Gasteiger partial charge in [-0.25, -0.2) is 0 Å². The first-order chi connectivity index (χ1) is 28.8. The molecule has 0 unspecified atom stereocenters. The van der Waals surface area contributed by atoms with Crippen molar-refractivity contribution in [3.8, 4) is 22.7 Å². The molecule has 13 aromatic rings. The maximum atomic E-state index is 4.95. The van der Waals surface area contributed by atoms with Crippen LogP contribution in [-0.4, -0.2) is 23.3 Å². The molecule has 0 radical (unpaired) electrons. The molecule has 13 rings (SSSR count). The molecular formula is C53H33N5. The van der Waals surface area contributed by atoms with Gasteiger partial charge in [0.25, 0.3) is 0 Å². The zero-order valence-electron chi connectivity index (χ0n) is 31.3. The number of benzene rings is 8. The fraction of sp³-hybridized carbons (Fsp3) is 0. The molecule has 0 N–H and O–H groups in total. The van der Waals surface area contributed by atoms with Gasteiger partial charge in [0.05, 0.1) is 49.7 Å². The van der Waals surface area contributed by atoms with E-state index in [-0.39, 0.29) is 0 Å². The second-order valence-corrected chi connectivity index (χ2v) is 15.2. The summed E-state index contributed by atoms with van der Waals surface area (Å²) in [6.45, 7) is 0. The molecule has 5 nitrogen and oxygen atoms in total. The highest BCUT2D eigenvalue weighted by molar-refractivity contribution is 6.31. The second kappa shape index (κ2) is 11.8. The zero-order chi connectivity index (χ0) is 37.9. The van der Waals surface area contributed by atoms with Gasteiger partial charge in [0.1, 0.15) is 0 Å². The largest absolute Gasteiger partial charge is 0.309 e. The number of aromatic nitrogens is 5. The Labute approximate surface area is 332 Å². The van der Waals surface area contributed by atoms with Crippen molar-refractivity contribution in [2.45, 2.75) is 0 Å². The SMILES string of the molecule is c1ccc(-n2c3ccc(-n4c5ccccc5c5c4ccc4c6ccc7c(c8ccccc8n7-c7ccccc7)c6n(-c6ccccc6)c45)cc3c3ncccc32)cc1. The van der Waals surface area contributed by atoms with Crippen molar-refractivity contribution in [2.24, 2.45) is 0 Å². The first-order valence-corrected chi connectivity index (χ1v) is 19.8. The molecule has 270 valence electrons. The van der Waals surface area contributed by atoms with E-state index >= 15 is 0 Å². The minimum absolute atomic E-state index is 0.995. The fourth-order valence-corrected chi connectivity index (χ4v) is 9.88. The number of hydrogen-bond donors (Lipinski definition) is 0. The second-order valence-electron chi connectivity index (χ2n) is 15.2. The van der Waals surface area contributed by atoms with Crippen LogP contribution in [0, 0.1) is 0 Å². The molecule has 5 heterocycles. The van der Waals surface area contributed by atoms with Gasteiger partial charge in [0, 0.05) is 66.6 Å². The highest BCUT2D eigenvalue weighted by atomic mass is 15.0. The Morgan fingerprint density at radius 3 is 1.28 bits per heavy atom. The topological polar surface area (TPSA) is 32.6 Å². The summed E-state index contributed by atoms with van der Waals surface area (Å²) < 4.78 is 9.72. The molecule has 0 aliphatic carbocycles. The van der Waals surface area contributed by atoms with Crippen LogP contribution in [0.15, 0.2) is 200 Å². The summed E-state index contributed by atoms with van der Waals surface area (Å²) in [5, 5.41) is 8.54. The van der Waals surface area contributed by atoms with Crippen molar-refractivity contribution in [1.82, 2.24) is 23.3 Å². The highest BCUT2D eigenvalue weighted by Gasteiger charge is 2.25. The van der Waals surface area contributed by atoms with Crippen molar-refractivity contribution in [1.29, 1.82) is 0 Å². The number of hydrogen-bond acceptors (Lipinski definition) is 1. The van der Waals surface area contributed by atoms with E-state index in [0.717, 1.165) is 50.2 Å². The van der Waals surface area contributed by atoms with E-state index in [1.807, 2.05) is 12.3 Å². The lowest BCUT2D eigenvalue weighted by molar-refractivity contribution is 1.16. The third-order valence-electron chi connectivity index (χ3n) is 12.2. The van der Waals surface area contributed by atoms with Crippen molar-refractivity contribution in [3.63, 3.8) is 0 Å². The summed E-state index contributed by atoms with van der Waals surface area (Å²) in [5.41, 5.74) is 14.9. The highest BCUT2D eigenvalue weighted by Crippen LogP contribution is 2.46. The number of pyridine rings is 1. The molecule has 5 aromatic heterocycles. The molecule has 58 heavy (non-hydrogen) atoms. The van der Waals surface area contributed by atoms with Crippen LogP contribution >= 0.6 is 0 Å². The number of fused-ring (bicyclic) bond motifs is 14. The number of nitrogens with zero attached hydrogens (tertiary/aromatic N) is 5. The van der Waals surface area contributed by atoms with Gasteiger partial charge in [-0.2, -0.15) is 0 Å². The summed E-state index contributed by atoms with van der Waals surface area (Å²) >= 11 is 0. The van der Waals surface area contributed by atoms with Gasteiger partial charge >= 0.3 is 0 Å². The Hall–Kier alpha value is -7.89. The smallest absolute Gasteiger partial charge is 0.0964 e. The van der Waals surface area contributed by atoms with E-state index < -0.39 is 0 Å². The van der Waals surface area contributed by atoms with Gasteiger partial charge < -0.3 is 18.3 Å². The third-order valence-corrected chi connectivity index (χ3v) is 12.2. The van der Waals surface area contributed by atoms with E-state index in [4.69, 9.17) is 4.98 Å². The third kappa shape index (κ3) is 4.17. The molecule has 0 aliphatic rings. The minimum Gasteiger partial charge on any atom is -0.309 e. The molecule has 5 heteroatoms. The van der Waals surface area contributed by atoms with E-state index in [9.17, 15) is 0 Å². The molecule has 0 aliphatic heterocycles. The van der Waals surface area contributed by atoms with Gasteiger partial charge in [0.2, 0.25) is 0 Å². The molecule has 0 saturated heterocycles. The lowest BCUT2D eigenvalue weighted by Crippen LogP contribution is -1.96. The molecule has 0 amide bonds. The minimum atomic E-state index is 0.995. The van der Waals surface area contributed by atoms with Crippen molar-refractivity contribution in [3.05, 3.63) is 200 Å². The van der Waals surface area contributed by atoms with Crippen LogP contribution in [0.3, 0.4) is 0 Å². The van der Waals surface area contributed by atoms with Gasteiger partial charge in [-0.15, -0.1) is 0 Å². The zero-order valence-corrected chi connectivity index (χ0v) is 31.3. The number of rotatable bonds is 4. The maximum Gasteiger partial charge on any atom is 0.0964 e. The van der Waals surface area contributed by atoms with Gasteiger partial charge in [0.15, 0.2) is 0 Å². The van der Waals surface area contributed by atoms with Crippen LogP contribution < -0.4 is 0 Å². The average molecular weight is 740 g/mol. The summed E-state index contributed by atoms with van der Waals surface area (Å²) in [6.07, 6.45) is 1.90. The first kappa shape index (κ1) is 31.3. The number of para-hydroxylation sites is 5. The van der Waals surface area contributed by atoms with E-state index in [2.05, 4.69) is 206 Å². The van der Waals surface area contributed by atoms with Crippen LogP contribution in [-0.2, 0) is 0 Å². The summed E-state index contributed by atoms with van der Waals surface area (Å²) in [4.78, 5) is 4.95. The Kier molecular flexibility index (Phi) is 6.38. The van der Waals surface area contributed by atoms with E-state index in [1.165, 1.54) is 59.9 Å². The molecule has 0 atom stereocenters. The van der Waals surface area contributed by atoms with Gasteiger partial charge in [-0.1, -0.05) is 103 Å². The van der Waals surface area contributed by atoms with Crippen LogP contribution in [0.1, 0.15) is 0 Å². The van der Waals surface area contributed by atoms with Gasteiger partial charge in [-0.3, -0.25) is 4.98 Å². The van der Waals surface area contributed by atoms with Crippen LogP contribution in [0.4, 0.5) is 0 Å². The predicted molar refractivity (Wildman–Crippen MR) is 242 cm³/mol. The van der Waals surface area contributed by atoms with Crippen LogP contribution in [0.2, 0.25) is 0 Å². The quantitative estimate of drug-likeness (QED) is 0.177. The fourth-order valence-electron chi connectivity index (χ4n) is 9.88. The van der Waals surface area contributed by atoms with Crippen molar-refractivity contribution >= 4 is 87.4 Å². The standard InChI is InChI=1S/C53H33N5/c1-4-15-34(16-5-1)55-43-23-12-10-21-40(43)49-46(55)30-27-38-39-28-31-47-50(53(39)58(52(38)49)36-19-8-3-9-20-36)41-22-11-13-24-44(41)57(47)37-26-29-45-42(33-37)51-48(25-14-32-54-51)56(45)35-17-6-2-7-18-35/h1-33H. The monoisotopic (exact) mass is 739 g/mol. The molecule has 0 bridgehead atoms. The molecular weight excluding hydrogens is 707 g/mol. The normalized spacial score (nSPS) is 12.1. The summed E-state index contributed by atoms with van der Waals surface area (Å²) in [5.74, 6) is 0. The maximum absolute atomic E-state index is 4.95. The van der Waals surface area contributed by atoms with Crippen LogP contribution in [0.5, 0.6) is 0 Å². The average Bonchev–Trinajstić information content (AvgIpc) is 4.02. The van der Waals surface area contributed by atoms with Crippen LogP contribution in [0.25, 0.3) is 110 Å². The Morgan fingerprint density at radius 2 is 0.707 bits per heavy atom. The summed E-state index contributed by atoms with van der Waals surface area (Å²) in [6, 6.07) is 70.3. The molecule has 0 fully saturated rings. The van der Waals surface area contributed by atoms with Gasteiger partial charge in [-0.05, 0) is 91.0 Å². The van der Waals surface area contributed by atoms with E-state index in [1.54, 1.807) is 0 Å². The first-order valence-electron chi connectivity index (χ1n) is 19.8. The van der Waals surface area contributed by atoms with Crippen molar-refractivity contribution in [2.75, 3.05) is 0 Å². The molecule has 0 spiro atoms. The van der Waals surface area contributed by atoms with E-state index in [0.29, 0.717) is 0 Å².